The molecular weight excluding hydrogens is 294 g/mol. The molecule has 0 spiro atoms. The Hall–Kier alpha value is -1.59. The molecule has 4 nitrogen and oxygen atoms in total. The maximum absolute atomic E-state index is 5.29. The van der Waals surface area contributed by atoms with Gasteiger partial charge in [0, 0.05) is 13.1 Å². The predicted octanol–water partition coefficient (Wildman–Crippen LogP) is 2.48. The van der Waals surface area contributed by atoms with E-state index in [1.54, 1.807) is 13.2 Å². The van der Waals surface area contributed by atoms with Crippen molar-refractivity contribution in [1.82, 2.24) is 15.5 Å². The van der Waals surface area contributed by atoms with Crippen LogP contribution in [0.1, 0.15) is 24.4 Å². The molecule has 1 aromatic carbocycles. The average Bonchev–Trinajstić information content (AvgIpc) is 3.08. The lowest BCUT2D eigenvalue weighted by Gasteiger charge is -2.28. The lowest BCUT2D eigenvalue weighted by atomic mass is 10.1. The van der Waals surface area contributed by atoms with Gasteiger partial charge in [0.15, 0.2) is 5.11 Å². The van der Waals surface area contributed by atoms with Crippen molar-refractivity contribution in [2.45, 2.75) is 18.9 Å². The van der Waals surface area contributed by atoms with Crippen LogP contribution < -0.4 is 15.4 Å². The molecule has 5 heteroatoms. The van der Waals surface area contributed by atoms with Crippen LogP contribution in [-0.2, 0) is 0 Å². The van der Waals surface area contributed by atoms with Crippen molar-refractivity contribution in [3.8, 4) is 5.75 Å². The fourth-order valence-electron chi connectivity index (χ4n) is 2.75. The fourth-order valence-corrected chi connectivity index (χ4v) is 2.92. The van der Waals surface area contributed by atoms with Gasteiger partial charge in [0.1, 0.15) is 5.75 Å². The fraction of sp³-hybridized carbons (Fsp3) is 0.471. The van der Waals surface area contributed by atoms with Crippen molar-refractivity contribution in [1.29, 1.82) is 0 Å². The summed E-state index contributed by atoms with van der Waals surface area (Å²) in [6.07, 6.45) is 4.34. The number of nitrogens with zero attached hydrogens (tertiary/aromatic N) is 1. The molecule has 1 heterocycles. The molecule has 22 heavy (non-hydrogen) atoms. The number of ether oxygens (including phenoxy) is 1. The third-order valence-corrected chi connectivity index (χ3v) is 4.23. The van der Waals surface area contributed by atoms with Crippen LogP contribution in [0, 0.1) is 0 Å². The molecule has 1 unspecified atom stereocenters. The van der Waals surface area contributed by atoms with Gasteiger partial charge >= 0.3 is 0 Å². The van der Waals surface area contributed by atoms with Crippen molar-refractivity contribution in [3.05, 3.63) is 42.5 Å². The quantitative estimate of drug-likeness (QED) is 0.596. The lowest BCUT2D eigenvalue weighted by Crippen LogP contribution is -2.41. The van der Waals surface area contributed by atoms with Crippen LogP contribution in [0.4, 0.5) is 0 Å². The van der Waals surface area contributed by atoms with Crippen LogP contribution in [-0.4, -0.2) is 43.3 Å². The number of likely N-dealkylation sites (tertiary alicyclic amines) is 1. The highest BCUT2D eigenvalue weighted by Gasteiger charge is 2.23. The van der Waals surface area contributed by atoms with E-state index in [9.17, 15) is 0 Å². The van der Waals surface area contributed by atoms with Crippen molar-refractivity contribution in [3.63, 3.8) is 0 Å². The van der Waals surface area contributed by atoms with Gasteiger partial charge in [-0.05, 0) is 55.8 Å². The molecular formula is C17H25N3OS. The first-order chi connectivity index (χ1) is 10.7. The van der Waals surface area contributed by atoms with Gasteiger partial charge in [0.2, 0.25) is 0 Å². The molecule has 2 rings (SSSR count). The van der Waals surface area contributed by atoms with Crippen molar-refractivity contribution >= 4 is 17.3 Å². The first kappa shape index (κ1) is 16.8. The van der Waals surface area contributed by atoms with E-state index >= 15 is 0 Å². The van der Waals surface area contributed by atoms with E-state index in [0.717, 1.165) is 25.4 Å². The van der Waals surface area contributed by atoms with Crippen LogP contribution in [0.25, 0.3) is 0 Å². The number of methoxy groups -OCH3 is 1. The van der Waals surface area contributed by atoms with Gasteiger partial charge in [0.25, 0.3) is 0 Å². The van der Waals surface area contributed by atoms with E-state index in [2.05, 4.69) is 34.2 Å². The minimum absolute atomic E-state index is 0.330. The highest BCUT2D eigenvalue weighted by atomic mass is 32.1. The number of hydrogen-bond donors (Lipinski definition) is 2. The summed E-state index contributed by atoms with van der Waals surface area (Å²) in [4.78, 5) is 2.52. The first-order valence-electron chi connectivity index (χ1n) is 7.75. The van der Waals surface area contributed by atoms with Crippen LogP contribution in [0.5, 0.6) is 5.75 Å². The lowest BCUT2D eigenvalue weighted by molar-refractivity contribution is 0.245. The van der Waals surface area contributed by atoms with Crippen molar-refractivity contribution in [2.75, 3.05) is 33.3 Å². The molecule has 0 radical (unpaired) electrons. The summed E-state index contributed by atoms with van der Waals surface area (Å²) < 4.78 is 5.25. The normalized spacial score (nSPS) is 16.0. The van der Waals surface area contributed by atoms with E-state index in [0.29, 0.717) is 17.7 Å². The van der Waals surface area contributed by atoms with Crippen molar-refractivity contribution in [2.24, 2.45) is 0 Å². The number of benzene rings is 1. The zero-order valence-electron chi connectivity index (χ0n) is 13.2. The van der Waals surface area contributed by atoms with Gasteiger partial charge in [-0.2, -0.15) is 0 Å². The minimum Gasteiger partial charge on any atom is -0.497 e. The number of thiocarbonyl (C=S) groups is 1. The molecule has 0 aliphatic carbocycles. The van der Waals surface area contributed by atoms with Crippen LogP contribution in [0.2, 0.25) is 0 Å². The van der Waals surface area contributed by atoms with Crippen molar-refractivity contribution < 1.29 is 4.74 Å². The number of rotatable bonds is 7. The average molecular weight is 319 g/mol. The molecule has 1 aliphatic heterocycles. The Morgan fingerprint density at radius 1 is 1.32 bits per heavy atom. The summed E-state index contributed by atoms with van der Waals surface area (Å²) in [7, 11) is 1.69. The maximum Gasteiger partial charge on any atom is 0.166 e. The summed E-state index contributed by atoms with van der Waals surface area (Å²) in [5.74, 6) is 0.889. The van der Waals surface area contributed by atoms with Gasteiger partial charge in [0.05, 0.1) is 13.2 Å². The second-order valence-electron chi connectivity index (χ2n) is 5.41. The van der Waals surface area contributed by atoms with Gasteiger partial charge in [-0.15, -0.1) is 6.58 Å². The molecule has 1 saturated heterocycles. The van der Waals surface area contributed by atoms with Gasteiger partial charge in [-0.1, -0.05) is 18.2 Å². The summed E-state index contributed by atoms with van der Waals surface area (Å²) in [6.45, 7) is 7.46. The molecule has 1 atom stereocenters. The molecule has 0 amide bonds. The summed E-state index contributed by atoms with van der Waals surface area (Å²) in [6, 6.07) is 8.66. The Bertz CT molecular complexity index is 483. The second kappa shape index (κ2) is 8.76. The topological polar surface area (TPSA) is 36.5 Å². The molecule has 2 N–H and O–H groups in total. The number of hydrogen-bond acceptors (Lipinski definition) is 3. The summed E-state index contributed by atoms with van der Waals surface area (Å²) in [5, 5.41) is 7.11. The zero-order valence-corrected chi connectivity index (χ0v) is 14.0. The van der Waals surface area contributed by atoms with E-state index in [1.807, 2.05) is 12.1 Å². The molecule has 0 saturated carbocycles. The third kappa shape index (κ3) is 4.71. The Balaban J connectivity index is 2.01. The van der Waals surface area contributed by atoms with E-state index in [-0.39, 0.29) is 0 Å². The summed E-state index contributed by atoms with van der Waals surface area (Å²) in [5.41, 5.74) is 1.29. The molecule has 1 aliphatic rings. The van der Waals surface area contributed by atoms with E-state index in [4.69, 9.17) is 17.0 Å². The van der Waals surface area contributed by atoms with E-state index < -0.39 is 0 Å². The Morgan fingerprint density at radius 3 is 2.59 bits per heavy atom. The summed E-state index contributed by atoms with van der Waals surface area (Å²) >= 11 is 5.29. The Morgan fingerprint density at radius 2 is 2.00 bits per heavy atom. The predicted molar refractivity (Wildman–Crippen MR) is 95.3 cm³/mol. The molecule has 1 fully saturated rings. The maximum atomic E-state index is 5.29. The molecule has 1 aromatic rings. The molecule has 0 aromatic heterocycles. The van der Waals surface area contributed by atoms with Gasteiger partial charge < -0.3 is 15.4 Å². The smallest absolute Gasteiger partial charge is 0.166 e. The largest absolute Gasteiger partial charge is 0.497 e. The van der Waals surface area contributed by atoms with Gasteiger partial charge in [-0.25, -0.2) is 0 Å². The second-order valence-corrected chi connectivity index (χ2v) is 5.82. The molecule has 0 bridgehead atoms. The Kier molecular flexibility index (Phi) is 6.68. The first-order valence-corrected chi connectivity index (χ1v) is 8.16. The highest BCUT2D eigenvalue weighted by molar-refractivity contribution is 7.80. The third-order valence-electron chi connectivity index (χ3n) is 3.94. The Labute approximate surface area is 138 Å². The van der Waals surface area contributed by atoms with Crippen LogP contribution in [0.3, 0.4) is 0 Å². The zero-order chi connectivity index (χ0) is 15.8. The molecule has 120 valence electrons. The SMILES string of the molecule is C=CCNC(=S)NCC(c1ccc(OC)cc1)N1CCCC1. The van der Waals surface area contributed by atoms with Crippen LogP contribution >= 0.6 is 12.2 Å². The van der Waals surface area contributed by atoms with Gasteiger partial charge in [-0.3, -0.25) is 4.90 Å². The van der Waals surface area contributed by atoms with E-state index in [1.165, 1.54) is 18.4 Å². The standard InChI is InChI=1S/C17H25N3OS/c1-3-10-18-17(22)19-13-16(20-11-4-5-12-20)14-6-8-15(21-2)9-7-14/h3,6-9,16H,1,4-5,10-13H2,2H3,(H2,18,19,22). The highest BCUT2D eigenvalue weighted by Crippen LogP contribution is 2.26. The monoisotopic (exact) mass is 319 g/mol. The minimum atomic E-state index is 0.330. The number of nitrogens with one attached hydrogen (secondary N) is 2. The van der Waals surface area contributed by atoms with Crippen LogP contribution in [0.15, 0.2) is 36.9 Å².